The highest BCUT2D eigenvalue weighted by Crippen LogP contribution is 2.30. The van der Waals surface area contributed by atoms with Gasteiger partial charge < -0.3 is 10.2 Å². The van der Waals surface area contributed by atoms with E-state index in [2.05, 4.69) is 10.4 Å². The first-order valence-corrected chi connectivity index (χ1v) is 8.91. The predicted octanol–water partition coefficient (Wildman–Crippen LogP) is 2.89. The van der Waals surface area contributed by atoms with Crippen molar-refractivity contribution in [2.24, 2.45) is 7.05 Å². The first-order chi connectivity index (χ1) is 11.6. The fourth-order valence-corrected chi connectivity index (χ4v) is 3.89. The molecule has 0 radical (unpaired) electrons. The number of hydrogen-bond acceptors (Lipinski definition) is 5. The molecule has 1 amide bonds. The Morgan fingerprint density at radius 1 is 1.27 bits per heavy atom. The monoisotopic (exact) mass is 413 g/mol. The third-order valence-corrected chi connectivity index (χ3v) is 5.27. The standard InChI is InChI=1S/C17H19N5OS.2ClH/c1-11-15-12(17(23)22-7-5-18-6-8-22)10-13(14-4-3-9-24-14)19-16(15)21(2)20-11;;/h3-4,9-10,18H,5-8H2,1-2H3;2*1H. The van der Waals surface area contributed by atoms with Crippen LogP contribution in [-0.4, -0.2) is 51.8 Å². The summed E-state index contributed by atoms with van der Waals surface area (Å²) in [6.07, 6.45) is 0. The van der Waals surface area contributed by atoms with Gasteiger partial charge in [-0.2, -0.15) is 5.10 Å². The molecule has 1 saturated heterocycles. The minimum Gasteiger partial charge on any atom is -0.336 e. The highest BCUT2D eigenvalue weighted by molar-refractivity contribution is 7.13. The van der Waals surface area contributed by atoms with Gasteiger partial charge in [0.1, 0.15) is 0 Å². The van der Waals surface area contributed by atoms with Gasteiger partial charge in [-0.1, -0.05) is 6.07 Å². The Hall–Kier alpha value is -1.67. The van der Waals surface area contributed by atoms with Gasteiger partial charge in [0, 0.05) is 33.2 Å². The van der Waals surface area contributed by atoms with E-state index in [1.807, 2.05) is 42.5 Å². The van der Waals surface area contributed by atoms with E-state index in [-0.39, 0.29) is 30.7 Å². The second-order valence-electron chi connectivity index (χ2n) is 5.98. The molecule has 6 nitrogen and oxygen atoms in total. The third-order valence-electron chi connectivity index (χ3n) is 4.38. The molecule has 26 heavy (non-hydrogen) atoms. The minimum absolute atomic E-state index is 0. The van der Waals surface area contributed by atoms with Crippen molar-refractivity contribution in [2.75, 3.05) is 26.2 Å². The molecular weight excluding hydrogens is 393 g/mol. The van der Waals surface area contributed by atoms with Crippen molar-refractivity contribution < 1.29 is 4.79 Å². The van der Waals surface area contributed by atoms with Crippen molar-refractivity contribution in [3.63, 3.8) is 0 Å². The van der Waals surface area contributed by atoms with Gasteiger partial charge in [-0.25, -0.2) is 4.98 Å². The maximum absolute atomic E-state index is 13.1. The number of pyridine rings is 1. The number of piperazine rings is 1. The van der Waals surface area contributed by atoms with E-state index in [0.29, 0.717) is 5.56 Å². The van der Waals surface area contributed by atoms with Gasteiger partial charge in [0.25, 0.3) is 5.91 Å². The highest BCUT2D eigenvalue weighted by atomic mass is 35.5. The zero-order chi connectivity index (χ0) is 16.7. The Morgan fingerprint density at radius 3 is 2.65 bits per heavy atom. The quantitative estimate of drug-likeness (QED) is 0.701. The lowest BCUT2D eigenvalue weighted by Gasteiger charge is -2.27. The van der Waals surface area contributed by atoms with Gasteiger partial charge in [-0.3, -0.25) is 9.48 Å². The van der Waals surface area contributed by atoms with E-state index >= 15 is 0 Å². The molecule has 3 aromatic heterocycles. The van der Waals surface area contributed by atoms with Crippen LogP contribution in [0.2, 0.25) is 0 Å². The van der Waals surface area contributed by atoms with Gasteiger partial charge in [0.05, 0.1) is 27.2 Å². The number of thiophene rings is 1. The lowest BCUT2D eigenvalue weighted by Crippen LogP contribution is -2.46. The molecule has 140 valence electrons. The summed E-state index contributed by atoms with van der Waals surface area (Å²) >= 11 is 1.63. The number of carbonyl (C=O) groups excluding carboxylic acids is 1. The summed E-state index contributed by atoms with van der Waals surface area (Å²) in [7, 11) is 1.87. The van der Waals surface area contributed by atoms with Crippen LogP contribution in [0.25, 0.3) is 21.6 Å². The largest absolute Gasteiger partial charge is 0.336 e. The highest BCUT2D eigenvalue weighted by Gasteiger charge is 2.24. The molecule has 0 aromatic carbocycles. The molecule has 3 aromatic rings. The van der Waals surface area contributed by atoms with Crippen LogP contribution >= 0.6 is 36.2 Å². The topological polar surface area (TPSA) is 63.1 Å². The summed E-state index contributed by atoms with van der Waals surface area (Å²) in [5.41, 5.74) is 3.14. The maximum atomic E-state index is 13.1. The Bertz CT molecular complexity index is 904. The van der Waals surface area contributed by atoms with E-state index in [1.54, 1.807) is 16.0 Å². The van der Waals surface area contributed by atoms with Gasteiger partial charge in [-0.05, 0) is 24.4 Å². The van der Waals surface area contributed by atoms with Crippen LogP contribution in [0.1, 0.15) is 16.1 Å². The summed E-state index contributed by atoms with van der Waals surface area (Å²) in [4.78, 5) is 20.9. The number of halogens is 2. The normalized spacial score (nSPS) is 14.0. The summed E-state index contributed by atoms with van der Waals surface area (Å²) in [5, 5.41) is 10.6. The zero-order valence-corrected chi connectivity index (χ0v) is 17.0. The number of carbonyl (C=O) groups is 1. The lowest BCUT2D eigenvalue weighted by molar-refractivity contribution is 0.0737. The molecule has 0 atom stereocenters. The van der Waals surface area contributed by atoms with Crippen molar-refractivity contribution >= 4 is 53.1 Å². The molecule has 0 saturated carbocycles. The Kier molecular flexibility index (Phi) is 6.63. The van der Waals surface area contributed by atoms with E-state index in [0.717, 1.165) is 53.5 Å². The number of amides is 1. The molecule has 4 heterocycles. The summed E-state index contributed by atoms with van der Waals surface area (Å²) in [6.45, 7) is 5.07. The number of nitrogens with zero attached hydrogens (tertiary/aromatic N) is 4. The van der Waals surface area contributed by atoms with Gasteiger partial charge in [-0.15, -0.1) is 36.2 Å². The Labute approximate surface area is 168 Å². The van der Waals surface area contributed by atoms with Crippen molar-refractivity contribution in [3.05, 3.63) is 34.8 Å². The van der Waals surface area contributed by atoms with E-state index in [9.17, 15) is 4.79 Å². The molecular formula is C17H21Cl2N5OS. The van der Waals surface area contributed by atoms with Crippen LogP contribution in [0.4, 0.5) is 0 Å². The predicted molar refractivity (Wildman–Crippen MR) is 110 cm³/mol. The maximum Gasteiger partial charge on any atom is 0.254 e. The number of nitrogens with one attached hydrogen (secondary N) is 1. The number of aryl methyl sites for hydroxylation is 2. The summed E-state index contributed by atoms with van der Waals surface area (Å²) < 4.78 is 1.76. The Balaban J connectivity index is 0.00000121. The molecule has 1 N–H and O–H groups in total. The smallest absolute Gasteiger partial charge is 0.254 e. The lowest BCUT2D eigenvalue weighted by atomic mass is 10.1. The molecule has 0 aliphatic carbocycles. The van der Waals surface area contributed by atoms with Crippen molar-refractivity contribution in [1.82, 2.24) is 25.0 Å². The van der Waals surface area contributed by atoms with Crippen molar-refractivity contribution in [2.45, 2.75) is 6.92 Å². The van der Waals surface area contributed by atoms with Crippen molar-refractivity contribution in [3.8, 4) is 10.6 Å². The van der Waals surface area contributed by atoms with Gasteiger partial charge >= 0.3 is 0 Å². The minimum atomic E-state index is 0. The molecule has 0 unspecified atom stereocenters. The Morgan fingerprint density at radius 2 is 2.00 bits per heavy atom. The second kappa shape index (κ2) is 8.35. The fourth-order valence-electron chi connectivity index (χ4n) is 3.20. The van der Waals surface area contributed by atoms with Crippen molar-refractivity contribution in [1.29, 1.82) is 0 Å². The van der Waals surface area contributed by atoms with Crippen LogP contribution in [-0.2, 0) is 7.05 Å². The summed E-state index contributed by atoms with van der Waals surface area (Å²) in [5.74, 6) is 0.0674. The number of aromatic nitrogens is 3. The fraction of sp³-hybridized carbons (Fsp3) is 0.353. The molecule has 1 aliphatic rings. The van der Waals surface area contributed by atoms with E-state index in [4.69, 9.17) is 4.98 Å². The number of rotatable bonds is 2. The van der Waals surface area contributed by atoms with Crippen LogP contribution in [0, 0.1) is 6.92 Å². The van der Waals surface area contributed by atoms with Crippen LogP contribution < -0.4 is 5.32 Å². The van der Waals surface area contributed by atoms with Crippen LogP contribution in [0.5, 0.6) is 0 Å². The van der Waals surface area contributed by atoms with Crippen LogP contribution in [0.15, 0.2) is 23.6 Å². The number of fused-ring (bicyclic) bond motifs is 1. The average molecular weight is 414 g/mol. The van der Waals surface area contributed by atoms with E-state index < -0.39 is 0 Å². The van der Waals surface area contributed by atoms with Gasteiger partial charge in [0.15, 0.2) is 5.65 Å². The number of hydrogen-bond donors (Lipinski definition) is 1. The molecule has 1 fully saturated rings. The molecule has 9 heteroatoms. The first kappa shape index (κ1) is 20.6. The third kappa shape index (κ3) is 3.57. The zero-order valence-electron chi connectivity index (χ0n) is 14.6. The van der Waals surface area contributed by atoms with Gasteiger partial charge in [0.2, 0.25) is 0 Å². The second-order valence-corrected chi connectivity index (χ2v) is 6.93. The molecule has 0 bridgehead atoms. The average Bonchev–Trinajstić information content (AvgIpc) is 3.23. The molecule has 0 spiro atoms. The summed E-state index contributed by atoms with van der Waals surface area (Å²) in [6, 6.07) is 5.95. The SMILES string of the molecule is Cc1nn(C)c2nc(-c3cccs3)cc(C(=O)N3CCNCC3)c12.Cl.Cl. The molecule has 4 rings (SSSR count). The molecule has 1 aliphatic heterocycles. The van der Waals surface area contributed by atoms with Crippen LogP contribution in [0.3, 0.4) is 0 Å². The first-order valence-electron chi connectivity index (χ1n) is 8.03. The van der Waals surface area contributed by atoms with E-state index in [1.165, 1.54) is 0 Å².